The maximum absolute atomic E-state index is 12.4. The van der Waals surface area contributed by atoms with Gasteiger partial charge in [-0.3, -0.25) is 9.48 Å². The fourth-order valence-electron chi connectivity index (χ4n) is 3.29. The molecule has 0 saturated carbocycles. The Hall–Kier alpha value is -2.93. The van der Waals surface area contributed by atoms with Crippen molar-refractivity contribution in [3.8, 4) is 0 Å². The molecule has 1 fully saturated rings. The first kappa shape index (κ1) is 16.5. The molecular formula is C19H21N5O2. The first-order valence-corrected chi connectivity index (χ1v) is 8.68. The number of aromatic nitrogens is 4. The number of anilines is 1. The fourth-order valence-corrected chi connectivity index (χ4v) is 3.29. The van der Waals surface area contributed by atoms with Crippen molar-refractivity contribution in [2.45, 2.75) is 25.1 Å². The molecule has 2 atom stereocenters. The van der Waals surface area contributed by atoms with Crippen LogP contribution in [0.1, 0.15) is 23.8 Å². The molecule has 0 bridgehead atoms. The van der Waals surface area contributed by atoms with Crippen LogP contribution in [0.3, 0.4) is 0 Å². The molecule has 1 aliphatic heterocycles. The number of nitrogens with one attached hydrogen (secondary N) is 1. The van der Waals surface area contributed by atoms with Crippen LogP contribution in [0.4, 0.5) is 5.69 Å². The molecule has 0 unspecified atom stereocenters. The summed E-state index contributed by atoms with van der Waals surface area (Å²) in [6.07, 6.45) is 4.24. The van der Waals surface area contributed by atoms with Crippen LogP contribution in [0.5, 0.6) is 0 Å². The first-order valence-electron chi connectivity index (χ1n) is 8.68. The third-order valence-corrected chi connectivity index (χ3v) is 4.64. The average molecular weight is 351 g/mol. The Morgan fingerprint density at radius 2 is 2.08 bits per heavy atom. The van der Waals surface area contributed by atoms with E-state index in [9.17, 15) is 4.79 Å². The van der Waals surface area contributed by atoms with Gasteiger partial charge in [0.1, 0.15) is 6.10 Å². The molecule has 7 heteroatoms. The van der Waals surface area contributed by atoms with Crippen molar-refractivity contribution in [1.82, 2.24) is 19.6 Å². The van der Waals surface area contributed by atoms with E-state index in [1.807, 2.05) is 48.1 Å². The van der Waals surface area contributed by atoms with Crippen molar-refractivity contribution in [1.29, 1.82) is 0 Å². The Kier molecular flexibility index (Phi) is 4.53. The Bertz CT molecular complexity index is 934. The number of benzene rings is 1. The van der Waals surface area contributed by atoms with Crippen molar-refractivity contribution in [2.75, 3.05) is 11.9 Å². The van der Waals surface area contributed by atoms with E-state index >= 15 is 0 Å². The van der Waals surface area contributed by atoms with Crippen LogP contribution >= 0.6 is 0 Å². The van der Waals surface area contributed by atoms with E-state index in [4.69, 9.17) is 4.74 Å². The van der Waals surface area contributed by atoms with E-state index < -0.39 is 0 Å². The van der Waals surface area contributed by atoms with Crippen molar-refractivity contribution in [2.24, 2.45) is 7.05 Å². The normalized spacial score (nSPS) is 19.6. The SMILES string of the molecule is Cn1nccc1[C@H]1OCC[C@@H]1Nc1cnn(Cc2ccccc2)c(=O)c1. The zero-order chi connectivity index (χ0) is 17.9. The summed E-state index contributed by atoms with van der Waals surface area (Å²) < 4.78 is 9.15. The molecule has 1 aromatic carbocycles. The Morgan fingerprint density at radius 3 is 2.81 bits per heavy atom. The Balaban J connectivity index is 1.49. The highest BCUT2D eigenvalue weighted by atomic mass is 16.5. The molecule has 1 saturated heterocycles. The van der Waals surface area contributed by atoms with E-state index in [1.165, 1.54) is 4.68 Å². The number of hydrogen-bond donors (Lipinski definition) is 1. The van der Waals surface area contributed by atoms with Gasteiger partial charge in [-0.1, -0.05) is 30.3 Å². The lowest BCUT2D eigenvalue weighted by Crippen LogP contribution is -2.28. The van der Waals surface area contributed by atoms with Gasteiger partial charge in [0.15, 0.2) is 0 Å². The van der Waals surface area contributed by atoms with Gasteiger partial charge in [-0.2, -0.15) is 10.2 Å². The van der Waals surface area contributed by atoms with E-state index in [2.05, 4.69) is 15.5 Å². The van der Waals surface area contributed by atoms with E-state index in [0.717, 1.165) is 17.7 Å². The van der Waals surface area contributed by atoms with Gasteiger partial charge in [0.05, 0.1) is 30.2 Å². The van der Waals surface area contributed by atoms with Crippen LogP contribution in [0.15, 0.2) is 59.7 Å². The minimum Gasteiger partial charge on any atom is -0.378 e. The van der Waals surface area contributed by atoms with Crippen molar-refractivity contribution in [3.05, 3.63) is 76.5 Å². The number of nitrogens with zero attached hydrogens (tertiary/aromatic N) is 4. The third-order valence-electron chi connectivity index (χ3n) is 4.64. The highest BCUT2D eigenvalue weighted by Crippen LogP contribution is 2.30. The maximum Gasteiger partial charge on any atom is 0.269 e. The predicted octanol–water partition coefficient (Wildman–Crippen LogP) is 1.97. The van der Waals surface area contributed by atoms with Crippen molar-refractivity contribution >= 4 is 5.69 Å². The van der Waals surface area contributed by atoms with Gasteiger partial charge in [0, 0.05) is 25.9 Å². The van der Waals surface area contributed by atoms with Gasteiger partial charge in [-0.05, 0) is 18.1 Å². The lowest BCUT2D eigenvalue weighted by atomic mass is 10.1. The van der Waals surface area contributed by atoms with Crippen LogP contribution in [-0.2, 0) is 18.3 Å². The van der Waals surface area contributed by atoms with Crippen LogP contribution in [0.25, 0.3) is 0 Å². The molecule has 1 aliphatic rings. The summed E-state index contributed by atoms with van der Waals surface area (Å²) in [6, 6.07) is 13.5. The topological polar surface area (TPSA) is 74.0 Å². The summed E-state index contributed by atoms with van der Waals surface area (Å²) in [5.74, 6) is 0. The van der Waals surface area contributed by atoms with Gasteiger partial charge >= 0.3 is 0 Å². The molecule has 2 aromatic heterocycles. The zero-order valence-electron chi connectivity index (χ0n) is 14.6. The molecule has 3 heterocycles. The quantitative estimate of drug-likeness (QED) is 0.761. The number of hydrogen-bond acceptors (Lipinski definition) is 5. The zero-order valence-corrected chi connectivity index (χ0v) is 14.6. The Morgan fingerprint density at radius 1 is 1.23 bits per heavy atom. The second-order valence-corrected chi connectivity index (χ2v) is 6.44. The minimum absolute atomic E-state index is 0.0802. The number of rotatable bonds is 5. The van der Waals surface area contributed by atoms with Crippen molar-refractivity contribution in [3.63, 3.8) is 0 Å². The summed E-state index contributed by atoms with van der Waals surface area (Å²) in [4.78, 5) is 12.4. The van der Waals surface area contributed by atoms with Crippen molar-refractivity contribution < 1.29 is 4.74 Å². The summed E-state index contributed by atoms with van der Waals surface area (Å²) in [7, 11) is 1.90. The molecule has 1 N–H and O–H groups in total. The summed E-state index contributed by atoms with van der Waals surface area (Å²) in [6.45, 7) is 1.14. The van der Waals surface area contributed by atoms with Crippen LogP contribution in [0.2, 0.25) is 0 Å². The average Bonchev–Trinajstić information content (AvgIpc) is 3.26. The van der Waals surface area contributed by atoms with Crippen LogP contribution in [-0.4, -0.2) is 32.2 Å². The molecule has 0 aliphatic carbocycles. The summed E-state index contributed by atoms with van der Waals surface area (Å²) in [5, 5.41) is 11.9. The van der Waals surface area contributed by atoms with Gasteiger partial charge < -0.3 is 10.1 Å². The lowest BCUT2D eigenvalue weighted by Gasteiger charge is -2.21. The molecule has 0 spiro atoms. The predicted molar refractivity (Wildman–Crippen MR) is 98.0 cm³/mol. The largest absolute Gasteiger partial charge is 0.378 e. The standard InChI is InChI=1S/C19H21N5O2/c1-23-17(7-9-20-23)19-16(8-10-26-19)22-15-11-18(25)24(21-12-15)13-14-5-3-2-4-6-14/h2-7,9,11-12,16,19,22H,8,10,13H2,1H3/t16-,19-/m0/s1. The molecule has 0 amide bonds. The highest BCUT2D eigenvalue weighted by Gasteiger charge is 2.31. The second kappa shape index (κ2) is 7.13. The fraction of sp³-hybridized carbons (Fsp3) is 0.316. The lowest BCUT2D eigenvalue weighted by molar-refractivity contribution is 0.101. The molecule has 26 heavy (non-hydrogen) atoms. The second-order valence-electron chi connectivity index (χ2n) is 6.44. The van der Waals surface area contributed by atoms with Gasteiger partial charge in [-0.15, -0.1) is 0 Å². The van der Waals surface area contributed by atoms with Gasteiger partial charge in [0.2, 0.25) is 0 Å². The first-order chi connectivity index (χ1) is 12.7. The van der Waals surface area contributed by atoms with Crippen LogP contribution < -0.4 is 10.9 Å². The van der Waals surface area contributed by atoms with Crippen LogP contribution in [0, 0.1) is 0 Å². The van der Waals surface area contributed by atoms with E-state index in [0.29, 0.717) is 18.8 Å². The minimum atomic E-state index is -0.130. The monoisotopic (exact) mass is 351 g/mol. The maximum atomic E-state index is 12.4. The third kappa shape index (κ3) is 3.39. The highest BCUT2D eigenvalue weighted by molar-refractivity contribution is 5.41. The smallest absolute Gasteiger partial charge is 0.269 e. The van der Waals surface area contributed by atoms with Gasteiger partial charge in [-0.25, -0.2) is 4.68 Å². The van der Waals surface area contributed by atoms with E-state index in [-0.39, 0.29) is 17.7 Å². The Labute approximate surface area is 151 Å². The number of ether oxygens (including phenoxy) is 1. The molecule has 4 rings (SSSR count). The van der Waals surface area contributed by atoms with E-state index in [1.54, 1.807) is 18.5 Å². The van der Waals surface area contributed by atoms with Gasteiger partial charge in [0.25, 0.3) is 5.56 Å². The number of aryl methyl sites for hydroxylation is 1. The molecule has 7 nitrogen and oxygen atoms in total. The summed E-state index contributed by atoms with van der Waals surface area (Å²) >= 11 is 0. The summed E-state index contributed by atoms with van der Waals surface area (Å²) in [5.41, 5.74) is 2.64. The molecule has 3 aromatic rings. The molecular weight excluding hydrogens is 330 g/mol. The molecule has 134 valence electrons. The molecule has 0 radical (unpaired) electrons.